The molecule has 1 aromatic rings. The third-order valence-corrected chi connectivity index (χ3v) is 2.58. The Morgan fingerprint density at radius 1 is 1.23 bits per heavy atom. The first-order chi connectivity index (χ1) is 6.25. The van der Waals surface area contributed by atoms with Crippen molar-refractivity contribution in [2.24, 2.45) is 5.73 Å². The van der Waals surface area contributed by atoms with Crippen LogP contribution >= 0.6 is 0 Å². The van der Waals surface area contributed by atoms with Gasteiger partial charge in [0.05, 0.1) is 0 Å². The van der Waals surface area contributed by atoms with Gasteiger partial charge in [-0.05, 0) is 30.8 Å². The maximum absolute atomic E-state index is 5.79. The molecule has 13 heavy (non-hydrogen) atoms. The van der Waals surface area contributed by atoms with Gasteiger partial charge in [0.15, 0.2) is 0 Å². The lowest BCUT2D eigenvalue weighted by molar-refractivity contribution is 0.301. The Kier molecular flexibility index (Phi) is 2.18. The quantitative estimate of drug-likeness (QED) is 0.665. The van der Waals surface area contributed by atoms with Gasteiger partial charge in [-0.2, -0.15) is 4.98 Å². The zero-order valence-electron chi connectivity index (χ0n) is 7.44. The monoisotopic (exact) mass is 182 g/mol. The average molecular weight is 182 g/mol. The summed E-state index contributed by atoms with van der Waals surface area (Å²) in [7, 11) is 0. The van der Waals surface area contributed by atoms with Crippen LogP contribution in [-0.2, 0) is 0 Å². The number of anilines is 1. The van der Waals surface area contributed by atoms with E-state index >= 15 is 0 Å². The number of aromatic nitrogens is 2. The maximum Gasteiger partial charge on any atom is 0.260 e. The van der Waals surface area contributed by atoms with Gasteiger partial charge in [-0.25, -0.2) is 0 Å². The Morgan fingerprint density at radius 3 is 2.46 bits per heavy atom. The molecule has 1 heterocycles. The second kappa shape index (κ2) is 3.33. The second-order valence-electron chi connectivity index (χ2n) is 3.60. The molecule has 5 nitrogen and oxygen atoms in total. The summed E-state index contributed by atoms with van der Waals surface area (Å²) in [5, 5.41) is 3.57. The van der Waals surface area contributed by atoms with Crippen LogP contribution in [0.1, 0.15) is 37.5 Å². The lowest BCUT2D eigenvalue weighted by atomic mass is 9.86. The van der Waals surface area contributed by atoms with Crippen LogP contribution in [0.3, 0.4) is 0 Å². The highest BCUT2D eigenvalue weighted by atomic mass is 16.5. The molecular formula is C8H14N4O. The minimum atomic E-state index is 0.227. The molecule has 0 aromatic carbocycles. The highest BCUT2D eigenvalue weighted by Crippen LogP contribution is 2.31. The van der Waals surface area contributed by atoms with E-state index in [-0.39, 0.29) is 5.95 Å². The van der Waals surface area contributed by atoms with Crippen LogP contribution in [0.25, 0.3) is 0 Å². The van der Waals surface area contributed by atoms with E-state index in [9.17, 15) is 0 Å². The molecule has 0 aliphatic heterocycles. The van der Waals surface area contributed by atoms with E-state index < -0.39 is 0 Å². The molecule has 4 N–H and O–H groups in total. The fraction of sp³-hybridized carbons (Fsp3) is 0.750. The molecule has 0 unspecified atom stereocenters. The normalized spacial score (nSPS) is 29.0. The van der Waals surface area contributed by atoms with Crippen molar-refractivity contribution in [3.05, 3.63) is 5.89 Å². The first-order valence-electron chi connectivity index (χ1n) is 4.60. The fourth-order valence-electron chi connectivity index (χ4n) is 1.78. The third-order valence-electron chi connectivity index (χ3n) is 2.58. The van der Waals surface area contributed by atoms with E-state index in [0.717, 1.165) is 25.7 Å². The van der Waals surface area contributed by atoms with Crippen molar-refractivity contribution in [1.29, 1.82) is 0 Å². The lowest BCUT2D eigenvalue weighted by Crippen LogP contribution is -2.25. The summed E-state index contributed by atoms with van der Waals surface area (Å²) in [6, 6.07) is 0.344. The first kappa shape index (κ1) is 8.50. The number of rotatable bonds is 1. The van der Waals surface area contributed by atoms with Crippen LogP contribution < -0.4 is 11.5 Å². The number of nitrogens with two attached hydrogens (primary N) is 2. The van der Waals surface area contributed by atoms with Gasteiger partial charge in [0, 0.05) is 12.0 Å². The van der Waals surface area contributed by atoms with E-state index in [2.05, 4.69) is 10.1 Å². The Bertz CT molecular complexity index is 277. The molecule has 1 fully saturated rings. The molecule has 1 saturated carbocycles. The summed E-state index contributed by atoms with van der Waals surface area (Å²) in [4.78, 5) is 4.02. The molecule has 0 spiro atoms. The van der Waals surface area contributed by atoms with Gasteiger partial charge in [-0.1, -0.05) is 0 Å². The third kappa shape index (κ3) is 1.80. The standard InChI is InChI=1S/C8H14N4O/c9-6-3-1-5(2-4-6)7-11-8(10)12-13-7/h5-6H,1-4,9H2,(H2,10,12). The summed E-state index contributed by atoms with van der Waals surface area (Å²) >= 11 is 0. The summed E-state index contributed by atoms with van der Waals surface area (Å²) in [6.45, 7) is 0. The maximum atomic E-state index is 5.79. The van der Waals surface area contributed by atoms with Crippen LogP contribution in [0.2, 0.25) is 0 Å². The Morgan fingerprint density at radius 2 is 1.92 bits per heavy atom. The minimum absolute atomic E-state index is 0.227. The van der Waals surface area contributed by atoms with E-state index in [1.165, 1.54) is 0 Å². The van der Waals surface area contributed by atoms with Gasteiger partial charge in [0.25, 0.3) is 5.95 Å². The smallest absolute Gasteiger partial charge is 0.260 e. The first-order valence-corrected chi connectivity index (χ1v) is 4.60. The van der Waals surface area contributed by atoms with Crippen LogP contribution in [0.5, 0.6) is 0 Å². The topological polar surface area (TPSA) is 91.0 Å². The molecule has 0 saturated heterocycles. The Balaban J connectivity index is 2.02. The molecule has 0 atom stereocenters. The molecule has 2 rings (SSSR count). The van der Waals surface area contributed by atoms with Crippen molar-refractivity contribution in [3.63, 3.8) is 0 Å². The molecule has 1 aromatic heterocycles. The number of hydrogen-bond donors (Lipinski definition) is 2. The van der Waals surface area contributed by atoms with Crippen molar-refractivity contribution in [2.75, 3.05) is 5.73 Å². The van der Waals surface area contributed by atoms with E-state index in [4.69, 9.17) is 16.0 Å². The second-order valence-corrected chi connectivity index (χ2v) is 3.60. The summed E-state index contributed by atoms with van der Waals surface area (Å²) < 4.78 is 5.01. The van der Waals surface area contributed by atoms with Crippen molar-refractivity contribution >= 4 is 5.95 Å². The van der Waals surface area contributed by atoms with Crippen LogP contribution in [0, 0.1) is 0 Å². The van der Waals surface area contributed by atoms with Crippen molar-refractivity contribution in [1.82, 2.24) is 10.1 Å². The van der Waals surface area contributed by atoms with Crippen LogP contribution in [0.4, 0.5) is 5.95 Å². The van der Waals surface area contributed by atoms with Gasteiger partial charge in [-0.3, -0.25) is 0 Å². The van der Waals surface area contributed by atoms with Gasteiger partial charge < -0.3 is 16.0 Å². The fourth-order valence-corrected chi connectivity index (χ4v) is 1.78. The number of nitrogen functional groups attached to an aromatic ring is 1. The predicted molar refractivity (Wildman–Crippen MR) is 47.9 cm³/mol. The van der Waals surface area contributed by atoms with Gasteiger partial charge in [0.2, 0.25) is 5.89 Å². The van der Waals surface area contributed by atoms with Gasteiger partial charge in [0.1, 0.15) is 0 Å². The molecule has 0 radical (unpaired) electrons. The average Bonchev–Trinajstić information content (AvgIpc) is 2.53. The summed E-state index contributed by atoms with van der Waals surface area (Å²) in [6.07, 6.45) is 4.13. The lowest BCUT2D eigenvalue weighted by Gasteiger charge is -2.22. The van der Waals surface area contributed by atoms with Crippen LogP contribution in [-0.4, -0.2) is 16.2 Å². The zero-order chi connectivity index (χ0) is 9.26. The summed E-state index contributed by atoms with van der Waals surface area (Å²) in [5.41, 5.74) is 11.2. The SMILES string of the molecule is Nc1noc(C2CCC(N)CC2)n1. The molecule has 1 aliphatic carbocycles. The van der Waals surface area contributed by atoms with Gasteiger partial charge >= 0.3 is 0 Å². The largest absolute Gasteiger partial charge is 0.365 e. The van der Waals surface area contributed by atoms with E-state index in [1.54, 1.807) is 0 Å². The van der Waals surface area contributed by atoms with Gasteiger partial charge in [-0.15, -0.1) is 0 Å². The predicted octanol–water partition coefficient (Wildman–Crippen LogP) is 0.637. The molecule has 1 aliphatic rings. The Labute approximate surface area is 76.5 Å². The Hall–Kier alpha value is -1.10. The van der Waals surface area contributed by atoms with E-state index in [0.29, 0.717) is 17.9 Å². The van der Waals surface area contributed by atoms with Crippen molar-refractivity contribution < 1.29 is 4.52 Å². The molecule has 5 heteroatoms. The molecule has 72 valence electrons. The highest BCUT2D eigenvalue weighted by molar-refractivity contribution is 5.12. The van der Waals surface area contributed by atoms with Crippen molar-refractivity contribution in [3.8, 4) is 0 Å². The minimum Gasteiger partial charge on any atom is -0.365 e. The van der Waals surface area contributed by atoms with Crippen molar-refractivity contribution in [2.45, 2.75) is 37.6 Å². The summed E-state index contributed by atoms with van der Waals surface area (Å²) in [5.74, 6) is 1.26. The molecular weight excluding hydrogens is 168 g/mol. The van der Waals surface area contributed by atoms with E-state index in [1.807, 2.05) is 0 Å². The number of hydrogen-bond acceptors (Lipinski definition) is 5. The number of nitrogens with zero attached hydrogens (tertiary/aromatic N) is 2. The van der Waals surface area contributed by atoms with Crippen LogP contribution in [0.15, 0.2) is 4.52 Å². The zero-order valence-corrected chi connectivity index (χ0v) is 7.44. The molecule has 0 bridgehead atoms. The molecule has 0 amide bonds. The highest BCUT2D eigenvalue weighted by Gasteiger charge is 2.24.